The van der Waals surface area contributed by atoms with E-state index in [1.165, 1.54) is 24.0 Å². The second-order valence-electron chi connectivity index (χ2n) is 5.77. The molecule has 0 aliphatic carbocycles. The molecular formula is C17H23N3O. The van der Waals surface area contributed by atoms with Gasteiger partial charge in [-0.05, 0) is 18.9 Å². The summed E-state index contributed by atoms with van der Waals surface area (Å²) in [6.45, 7) is 5.05. The van der Waals surface area contributed by atoms with E-state index < -0.39 is 0 Å². The zero-order valence-corrected chi connectivity index (χ0v) is 12.6. The topological polar surface area (TPSA) is 41.2 Å². The Kier molecular flexibility index (Phi) is 4.55. The highest BCUT2D eigenvalue weighted by Crippen LogP contribution is 2.27. The van der Waals surface area contributed by atoms with Gasteiger partial charge >= 0.3 is 0 Å². The normalized spacial score (nSPS) is 18.8. The molecular weight excluding hydrogens is 262 g/mol. The van der Waals surface area contributed by atoms with Gasteiger partial charge in [0.25, 0.3) is 0 Å². The summed E-state index contributed by atoms with van der Waals surface area (Å²) >= 11 is 0. The highest BCUT2D eigenvalue weighted by molar-refractivity contribution is 5.34. The Balaban J connectivity index is 1.77. The first-order valence-corrected chi connectivity index (χ1v) is 7.79. The number of hydrogen-bond donors (Lipinski definition) is 1. The van der Waals surface area contributed by atoms with Gasteiger partial charge in [-0.1, -0.05) is 31.5 Å². The van der Waals surface area contributed by atoms with Crippen molar-refractivity contribution in [2.45, 2.75) is 45.4 Å². The van der Waals surface area contributed by atoms with Crippen LogP contribution in [0.5, 0.6) is 5.75 Å². The van der Waals surface area contributed by atoms with Crippen molar-refractivity contribution in [1.29, 1.82) is 0 Å². The summed E-state index contributed by atoms with van der Waals surface area (Å²) in [6.07, 6.45) is 7.69. The molecule has 4 heteroatoms. The number of H-pyrrole nitrogens is 1. The number of fused-ring (bicyclic) bond motifs is 1. The second-order valence-corrected chi connectivity index (χ2v) is 5.77. The molecule has 0 amide bonds. The van der Waals surface area contributed by atoms with Crippen LogP contribution in [0.4, 0.5) is 0 Å². The van der Waals surface area contributed by atoms with Gasteiger partial charge in [0.1, 0.15) is 11.9 Å². The van der Waals surface area contributed by atoms with Gasteiger partial charge in [-0.25, -0.2) is 0 Å². The predicted molar refractivity (Wildman–Crippen MR) is 83.1 cm³/mol. The first kappa shape index (κ1) is 14.1. The maximum atomic E-state index is 6.24. The minimum absolute atomic E-state index is 0.278. The molecule has 2 aromatic rings. The summed E-state index contributed by atoms with van der Waals surface area (Å²) in [4.78, 5) is 2.46. The zero-order chi connectivity index (χ0) is 14.5. The molecule has 0 spiro atoms. The standard InChI is InChI=1S/C17H23N3O/c1-2-3-7-16-13-20(11-14-9-18-19-10-14)12-15-6-4-5-8-17(15)21-16/h4-6,8-10,16H,2-3,7,11-13H2,1H3,(H,18,19). The molecule has 1 aliphatic rings. The van der Waals surface area contributed by atoms with Crippen LogP contribution in [0.3, 0.4) is 0 Å². The number of rotatable bonds is 5. The average Bonchev–Trinajstić information content (AvgIpc) is 2.92. The number of unbranched alkanes of at least 4 members (excludes halogenated alkanes) is 1. The number of aromatic amines is 1. The number of nitrogens with one attached hydrogen (secondary N) is 1. The predicted octanol–water partition coefficient (Wildman–Crippen LogP) is 3.36. The van der Waals surface area contributed by atoms with E-state index in [0.717, 1.165) is 31.8 Å². The van der Waals surface area contributed by atoms with Crippen LogP contribution < -0.4 is 4.74 Å². The Morgan fingerprint density at radius 1 is 1.38 bits per heavy atom. The number of ether oxygens (including phenoxy) is 1. The van der Waals surface area contributed by atoms with Crippen LogP contribution in [0.25, 0.3) is 0 Å². The monoisotopic (exact) mass is 285 g/mol. The number of para-hydroxylation sites is 1. The maximum Gasteiger partial charge on any atom is 0.124 e. The van der Waals surface area contributed by atoms with Crippen LogP contribution in [-0.4, -0.2) is 27.7 Å². The Hall–Kier alpha value is -1.81. The summed E-state index contributed by atoms with van der Waals surface area (Å²) in [5.74, 6) is 1.05. The third kappa shape index (κ3) is 3.64. The summed E-state index contributed by atoms with van der Waals surface area (Å²) in [7, 11) is 0. The summed E-state index contributed by atoms with van der Waals surface area (Å²) in [6, 6.07) is 8.40. The third-order valence-electron chi connectivity index (χ3n) is 3.96. The van der Waals surface area contributed by atoms with E-state index in [-0.39, 0.29) is 6.10 Å². The van der Waals surface area contributed by atoms with Gasteiger partial charge in [-0.2, -0.15) is 5.10 Å². The third-order valence-corrected chi connectivity index (χ3v) is 3.96. The van der Waals surface area contributed by atoms with E-state index in [0.29, 0.717) is 0 Å². The summed E-state index contributed by atoms with van der Waals surface area (Å²) in [5.41, 5.74) is 2.50. The molecule has 2 heterocycles. The molecule has 1 atom stereocenters. The van der Waals surface area contributed by atoms with Crippen molar-refractivity contribution in [3.05, 3.63) is 47.8 Å². The molecule has 112 valence electrons. The van der Waals surface area contributed by atoms with E-state index in [1.807, 2.05) is 12.4 Å². The van der Waals surface area contributed by atoms with Crippen molar-refractivity contribution in [3.8, 4) is 5.75 Å². The molecule has 21 heavy (non-hydrogen) atoms. The van der Waals surface area contributed by atoms with Crippen molar-refractivity contribution >= 4 is 0 Å². The van der Waals surface area contributed by atoms with Crippen molar-refractivity contribution < 1.29 is 4.74 Å². The number of nitrogens with zero attached hydrogens (tertiary/aromatic N) is 2. The lowest BCUT2D eigenvalue weighted by atomic mass is 10.1. The smallest absolute Gasteiger partial charge is 0.124 e. The molecule has 1 aliphatic heterocycles. The van der Waals surface area contributed by atoms with Crippen LogP contribution in [0.2, 0.25) is 0 Å². The molecule has 1 aromatic carbocycles. The highest BCUT2D eigenvalue weighted by Gasteiger charge is 2.22. The van der Waals surface area contributed by atoms with Crippen molar-refractivity contribution in [2.24, 2.45) is 0 Å². The molecule has 3 rings (SSSR count). The molecule has 0 saturated heterocycles. The first-order chi connectivity index (χ1) is 10.3. The molecule has 0 saturated carbocycles. The maximum absolute atomic E-state index is 6.24. The van der Waals surface area contributed by atoms with Crippen LogP contribution >= 0.6 is 0 Å². The molecule has 1 aromatic heterocycles. The lowest BCUT2D eigenvalue weighted by Gasteiger charge is -2.23. The fraction of sp³-hybridized carbons (Fsp3) is 0.471. The van der Waals surface area contributed by atoms with Crippen LogP contribution in [-0.2, 0) is 13.1 Å². The summed E-state index contributed by atoms with van der Waals surface area (Å²) < 4.78 is 6.24. The van der Waals surface area contributed by atoms with Gasteiger partial charge < -0.3 is 4.74 Å². The highest BCUT2D eigenvalue weighted by atomic mass is 16.5. The molecule has 0 radical (unpaired) electrons. The van der Waals surface area contributed by atoms with Crippen molar-refractivity contribution in [2.75, 3.05) is 6.54 Å². The SMILES string of the molecule is CCCCC1CN(Cc2cn[nH]c2)Cc2ccccc2O1. The minimum Gasteiger partial charge on any atom is -0.489 e. The van der Waals surface area contributed by atoms with Crippen LogP contribution in [0.1, 0.15) is 37.3 Å². The Labute approximate surface area is 126 Å². The van der Waals surface area contributed by atoms with Gasteiger partial charge in [0.2, 0.25) is 0 Å². The molecule has 0 bridgehead atoms. The van der Waals surface area contributed by atoms with Gasteiger partial charge in [-0.15, -0.1) is 0 Å². The first-order valence-electron chi connectivity index (χ1n) is 7.79. The Bertz CT molecular complexity index is 553. The van der Waals surface area contributed by atoms with E-state index >= 15 is 0 Å². The molecule has 1 unspecified atom stereocenters. The second kappa shape index (κ2) is 6.76. The van der Waals surface area contributed by atoms with E-state index in [4.69, 9.17) is 4.74 Å². The van der Waals surface area contributed by atoms with Crippen molar-refractivity contribution in [1.82, 2.24) is 15.1 Å². The van der Waals surface area contributed by atoms with Gasteiger partial charge in [0.15, 0.2) is 0 Å². The Morgan fingerprint density at radius 3 is 3.10 bits per heavy atom. The Morgan fingerprint density at radius 2 is 2.29 bits per heavy atom. The van der Waals surface area contributed by atoms with E-state index in [2.05, 4.69) is 46.3 Å². The lowest BCUT2D eigenvalue weighted by molar-refractivity contribution is 0.133. The van der Waals surface area contributed by atoms with Crippen LogP contribution in [0.15, 0.2) is 36.7 Å². The van der Waals surface area contributed by atoms with Gasteiger partial charge in [-0.3, -0.25) is 10.00 Å². The van der Waals surface area contributed by atoms with Gasteiger partial charge in [0, 0.05) is 37.0 Å². The number of aromatic nitrogens is 2. The minimum atomic E-state index is 0.278. The molecule has 4 nitrogen and oxygen atoms in total. The quantitative estimate of drug-likeness (QED) is 0.915. The molecule has 0 fully saturated rings. The molecule has 1 N–H and O–H groups in total. The van der Waals surface area contributed by atoms with E-state index in [9.17, 15) is 0 Å². The largest absolute Gasteiger partial charge is 0.489 e. The van der Waals surface area contributed by atoms with E-state index in [1.54, 1.807) is 0 Å². The fourth-order valence-corrected chi connectivity index (χ4v) is 2.88. The van der Waals surface area contributed by atoms with Gasteiger partial charge in [0.05, 0.1) is 6.20 Å². The fourth-order valence-electron chi connectivity index (χ4n) is 2.88. The van der Waals surface area contributed by atoms with Crippen molar-refractivity contribution in [3.63, 3.8) is 0 Å². The lowest BCUT2D eigenvalue weighted by Crippen LogP contribution is -2.32. The zero-order valence-electron chi connectivity index (χ0n) is 12.6. The van der Waals surface area contributed by atoms with Crippen LogP contribution in [0, 0.1) is 0 Å². The summed E-state index contributed by atoms with van der Waals surface area (Å²) in [5, 5.41) is 6.93. The number of benzene rings is 1. The average molecular weight is 285 g/mol. The number of hydrogen-bond acceptors (Lipinski definition) is 3.